The molecule has 33 heavy (non-hydrogen) atoms. The van der Waals surface area contributed by atoms with E-state index in [0.29, 0.717) is 37.9 Å². The second-order valence-electron chi connectivity index (χ2n) is 9.92. The summed E-state index contributed by atoms with van der Waals surface area (Å²) in [5.74, 6) is 0.928. The van der Waals surface area contributed by atoms with Crippen molar-refractivity contribution in [2.45, 2.75) is 64.3 Å². The third-order valence-electron chi connectivity index (χ3n) is 8.57. The van der Waals surface area contributed by atoms with E-state index in [4.69, 9.17) is 19.6 Å². The lowest BCUT2D eigenvalue weighted by Gasteiger charge is -2.58. The first-order valence-corrected chi connectivity index (χ1v) is 12.8. The van der Waals surface area contributed by atoms with Crippen molar-refractivity contribution in [1.29, 1.82) is 0 Å². The second kappa shape index (κ2) is 10.0. The molecule has 192 valence electrons. The molecule has 3 rings (SSSR count). The largest absolute Gasteiger partial charge is 0.534 e. The predicted molar refractivity (Wildman–Crippen MR) is 113 cm³/mol. The van der Waals surface area contributed by atoms with E-state index in [0.717, 1.165) is 32.1 Å². The van der Waals surface area contributed by atoms with Crippen molar-refractivity contribution in [3.05, 3.63) is 11.8 Å². The highest BCUT2D eigenvalue weighted by molar-refractivity contribution is 7.87. The highest BCUT2D eigenvalue weighted by atomic mass is 32.2. The Morgan fingerprint density at radius 3 is 2.33 bits per heavy atom. The van der Waals surface area contributed by atoms with Crippen molar-refractivity contribution in [2.24, 2.45) is 34.5 Å². The van der Waals surface area contributed by atoms with Gasteiger partial charge in [-0.2, -0.15) is 21.6 Å². The summed E-state index contributed by atoms with van der Waals surface area (Å²) < 4.78 is 66.9. The van der Waals surface area contributed by atoms with Crippen molar-refractivity contribution >= 4 is 10.1 Å². The molecule has 2 saturated carbocycles. The zero-order chi connectivity index (χ0) is 24.5. The minimum atomic E-state index is -5.68. The Morgan fingerprint density at radius 1 is 1.03 bits per heavy atom. The van der Waals surface area contributed by atoms with Crippen LogP contribution in [0.2, 0.25) is 0 Å². The summed E-state index contributed by atoms with van der Waals surface area (Å²) in [6, 6.07) is 0. The highest BCUT2D eigenvalue weighted by Crippen LogP contribution is 2.65. The lowest BCUT2D eigenvalue weighted by molar-refractivity contribution is -0.284. The molecule has 6 atom stereocenters. The molecule has 0 spiro atoms. The van der Waals surface area contributed by atoms with Gasteiger partial charge in [-0.05, 0) is 80.1 Å². The van der Waals surface area contributed by atoms with E-state index in [9.17, 15) is 21.6 Å². The van der Waals surface area contributed by atoms with Crippen LogP contribution in [0, 0.1) is 34.5 Å². The number of rotatable bonds is 10. The predicted octanol–water partition coefficient (Wildman–Crippen LogP) is 5.14. The van der Waals surface area contributed by atoms with Crippen LogP contribution < -0.4 is 0 Å². The SMILES string of the molecule is COOCC[C@@H]1CC[C@@H]2[C@H](CC[C@]3(C)C(OS(=O)(=O)C(F)(F)F)=CC[C@@H]23)[C@@]1(C)CCOOC. The van der Waals surface area contributed by atoms with Gasteiger partial charge in [-0.15, -0.1) is 0 Å². The molecule has 3 aliphatic rings. The lowest BCUT2D eigenvalue weighted by Crippen LogP contribution is -2.52. The van der Waals surface area contributed by atoms with Crippen LogP contribution in [0.25, 0.3) is 0 Å². The molecule has 0 bridgehead atoms. The molecule has 0 aliphatic heterocycles. The van der Waals surface area contributed by atoms with E-state index in [1.165, 1.54) is 14.2 Å². The molecule has 0 unspecified atom stereocenters. The topological polar surface area (TPSA) is 80.3 Å². The summed E-state index contributed by atoms with van der Waals surface area (Å²) in [5.41, 5.74) is -6.25. The lowest BCUT2D eigenvalue weighted by atomic mass is 9.46. The van der Waals surface area contributed by atoms with Gasteiger partial charge in [0.05, 0.1) is 27.4 Å². The fourth-order valence-electron chi connectivity index (χ4n) is 6.84. The number of hydrogen-bond donors (Lipinski definition) is 0. The third-order valence-corrected chi connectivity index (χ3v) is 9.53. The van der Waals surface area contributed by atoms with Gasteiger partial charge in [0, 0.05) is 5.41 Å². The maximum atomic E-state index is 12.9. The Morgan fingerprint density at radius 2 is 1.70 bits per heavy atom. The normalized spacial score (nSPS) is 36.8. The number of hydrogen-bond acceptors (Lipinski definition) is 7. The van der Waals surface area contributed by atoms with Crippen molar-refractivity contribution in [2.75, 3.05) is 27.4 Å². The Balaban J connectivity index is 1.81. The summed E-state index contributed by atoms with van der Waals surface area (Å²) in [6.07, 6.45) is 6.90. The van der Waals surface area contributed by atoms with E-state index in [1.807, 2.05) is 6.92 Å². The van der Waals surface area contributed by atoms with Gasteiger partial charge in [-0.3, -0.25) is 0 Å². The summed E-state index contributed by atoms with van der Waals surface area (Å²) >= 11 is 0. The molecule has 0 heterocycles. The number of halogens is 3. The first kappa shape index (κ1) is 26.7. The van der Waals surface area contributed by atoms with E-state index in [1.54, 1.807) is 6.08 Å². The van der Waals surface area contributed by atoms with Gasteiger partial charge in [0.2, 0.25) is 0 Å². The minimum absolute atomic E-state index is 0.0357. The molecule has 0 aromatic carbocycles. The molecule has 0 aromatic rings. The Labute approximate surface area is 193 Å². The van der Waals surface area contributed by atoms with Crippen molar-refractivity contribution in [3.63, 3.8) is 0 Å². The molecule has 2 fully saturated rings. The monoisotopic (exact) mass is 500 g/mol. The van der Waals surface area contributed by atoms with Crippen LogP contribution in [-0.2, 0) is 33.9 Å². The van der Waals surface area contributed by atoms with Crippen molar-refractivity contribution in [1.82, 2.24) is 0 Å². The summed E-state index contributed by atoms with van der Waals surface area (Å²) in [4.78, 5) is 19.9. The van der Waals surface area contributed by atoms with Crippen LogP contribution in [0.15, 0.2) is 11.8 Å². The number of fused-ring (bicyclic) bond motifs is 3. The zero-order valence-electron chi connectivity index (χ0n) is 19.7. The Hall–Kier alpha value is -0.880. The second-order valence-corrected chi connectivity index (χ2v) is 11.5. The third kappa shape index (κ3) is 5.07. The Bertz CT molecular complexity index is 815. The molecule has 7 nitrogen and oxygen atoms in total. The quantitative estimate of drug-likeness (QED) is 0.135. The molecule has 3 aliphatic carbocycles. The van der Waals surface area contributed by atoms with Gasteiger partial charge in [-0.1, -0.05) is 13.8 Å². The van der Waals surface area contributed by atoms with Crippen LogP contribution in [0.4, 0.5) is 13.2 Å². The first-order chi connectivity index (χ1) is 15.4. The maximum Gasteiger partial charge on any atom is 0.534 e. The molecular weight excluding hydrogens is 465 g/mol. The van der Waals surface area contributed by atoms with E-state index < -0.39 is 21.0 Å². The van der Waals surface area contributed by atoms with Crippen molar-refractivity contribution in [3.8, 4) is 0 Å². The smallest absolute Gasteiger partial charge is 0.380 e. The fraction of sp³-hybridized carbons (Fsp3) is 0.909. The van der Waals surface area contributed by atoms with Gasteiger partial charge >= 0.3 is 15.6 Å². The maximum absolute atomic E-state index is 12.9. The van der Waals surface area contributed by atoms with Gasteiger partial charge < -0.3 is 4.18 Å². The molecule has 0 saturated heterocycles. The Kier molecular flexibility index (Phi) is 8.10. The van der Waals surface area contributed by atoms with Gasteiger partial charge in [0.25, 0.3) is 0 Å². The molecule has 0 radical (unpaired) electrons. The van der Waals surface area contributed by atoms with E-state index >= 15 is 0 Å². The van der Waals surface area contributed by atoms with E-state index in [2.05, 4.69) is 11.1 Å². The van der Waals surface area contributed by atoms with Crippen LogP contribution in [-0.4, -0.2) is 41.4 Å². The van der Waals surface area contributed by atoms with Crippen LogP contribution >= 0.6 is 0 Å². The summed E-state index contributed by atoms with van der Waals surface area (Å²) in [7, 11) is -2.73. The molecule has 0 N–H and O–H groups in total. The summed E-state index contributed by atoms with van der Waals surface area (Å²) in [6.45, 7) is 5.03. The van der Waals surface area contributed by atoms with Crippen LogP contribution in [0.1, 0.15) is 58.8 Å². The van der Waals surface area contributed by atoms with E-state index in [-0.39, 0.29) is 23.0 Å². The van der Waals surface area contributed by atoms with Gasteiger partial charge in [-0.25, -0.2) is 19.6 Å². The standard InChI is InChI=1S/C22H35F3O7S/c1-20(12-14-31-29-4)15(10-13-30-28-3)5-6-16-17-7-8-19(21(17,2)11-9-18(16)20)32-33(26,27)22(23,24)25/h8,15-18H,5-7,9-14H2,1-4H3/t15-,16-,17-,18-,20-,21-/m0/s1. The summed E-state index contributed by atoms with van der Waals surface area (Å²) in [5, 5.41) is 0. The molecular formula is C22H35F3O7S. The van der Waals surface area contributed by atoms with Crippen molar-refractivity contribution < 1.29 is 45.3 Å². The van der Waals surface area contributed by atoms with Crippen LogP contribution in [0.3, 0.4) is 0 Å². The average molecular weight is 501 g/mol. The fourth-order valence-corrected chi connectivity index (χ4v) is 7.43. The first-order valence-electron chi connectivity index (χ1n) is 11.4. The average Bonchev–Trinajstić information content (AvgIpc) is 3.05. The molecule has 0 aromatic heterocycles. The number of alkyl halides is 3. The van der Waals surface area contributed by atoms with Crippen LogP contribution in [0.5, 0.6) is 0 Å². The van der Waals surface area contributed by atoms with Gasteiger partial charge in [0.1, 0.15) is 5.76 Å². The molecule has 11 heteroatoms. The van der Waals surface area contributed by atoms with Gasteiger partial charge in [0.15, 0.2) is 0 Å². The minimum Gasteiger partial charge on any atom is -0.380 e. The highest BCUT2D eigenvalue weighted by Gasteiger charge is 2.60. The molecule has 0 amide bonds. The number of allylic oxidation sites excluding steroid dienone is 2. The zero-order valence-corrected chi connectivity index (χ0v) is 20.5.